The van der Waals surface area contributed by atoms with Gasteiger partial charge in [0.25, 0.3) is 5.56 Å². The Balaban J connectivity index is 0.902. The number of rotatable bonds is 34. The van der Waals surface area contributed by atoms with Crippen molar-refractivity contribution in [3.63, 3.8) is 0 Å². The number of aryl methyl sites for hydroxylation is 2. The average Bonchev–Trinajstić information content (AvgIpc) is 3.82. The number of carbonyl (C=O) groups is 2. The third kappa shape index (κ3) is 18.0. The highest BCUT2D eigenvalue weighted by Gasteiger charge is 2.38. The van der Waals surface area contributed by atoms with E-state index in [1.54, 1.807) is 0 Å². The summed E-state index contributed by atoms with van der Waals surface area (Å²) in [5, 5.41) is 7.80. The van der Waals surface area contributed by atoms with Crippen LogP contribution in [0.4, 0.5) is 0 Å². The lowest BCUT2D eigenvalue weighted by molar-refractivity contribution is -0.161. The van der Waals surface area contributed by atoms with Crippen LogP contribution in [-0.4, -0.2) is 63.3 Å². The van der Waals surface area contributed by atoms with Crippen LogP contribution in [0, 0.1) is 6.92 Å². The number of carbonyl (C=O) groups excluding carboxylic acids is 2. The van der Waals surface area contributed by atoms with E-state index in [1.807, 2.05) is 0 Å². The smallest absolute Gasteiger partial charge is 0.462 e. The second-order valence-corrected chi connectivity index (χ2v) is 22.1. The fourth-order valence-electron chi connectivity index (χ4n) is 9.38. The van der Waals surface area contributed by atoms with Crippen molar-refractivity contribution in [2.24, 2.45) is 0 Å². The van der Waals surface area contributed by atoms with Crippen molar-refractivity contribution < 1.29 is 56.1 Å². The molecular formula is C53H74N2O14P2. The number of ether oxygens (including phenoxy) is 3. The molecule has 1 aliphatic rings. The molecule has 0 radical (unpaired) electrons. The lowest BCUT2D eigenvalue weighted by Gasteiger charge is -2.21. The Labute approximate surface area is 416 Å². The van der Waals surface area contributed by atoms with Crippen LogP contribution in [-0.2, 0) is 52.7 Å². The van der Waals surface area contributed by atoms with Gasteiger partial charge in [-0.25, -0.2) is 13.9 Å². The number of H-pyrrole nitrogens is 1. The van der Waals surface area contributed by atoms with Gasteiger partial charge < -0.3 is 24.0 Å². The van der Waals surface area contributed by atoms with Crippen molar-refractivity contribution in [1.82, 2.24) is 9.55 Å². The number of hydrogen-bond donors (Lipinski definition) is 3. The van der Waals surface area contributed by atoms with Gasteiger partial charge in [-0.3, -0.25) is 33.0 Å². The second-order valence-electron chi connectivity index (χ2n) is 19.0. The Hall–Kier alpha value is -4.24. The minimum absolute atomic E-state index is 0.0609. The first-order valence-corrected chi connectivity index (χ1v) is 28.8. The number of phosphoric ester groups is 2. The Bertz CT molecular complexity index is 2670. The molecule has 1 aromatic heterocycles. The number of unbranched alkanes of at least 4 members (excludes halogenated alkanes) is 16. The lowest BCUT2D eigenvalue weighted by atomic mass is 9.90. The van der Waals surface area contributed by atoms with E-state index in [1.165, 1.54) is 101 Å². The fraction of sp³-hybridized carbons (Fsp3) is 0.585. The third-order valence-corrected chi connectivity index (χ3v) is 15.9. The highest BCUT2D eigenvalue weighted by Crippen LogP contribution is 2.60. The normalized spacial score (nSPS) is 17.2. The van der Waals surface area contributed by atoms with Gasteiger partial charge in [-0.2, -0.15) is 4.31 Å². The van der Waals surface area contributed by atoms with Gasteiger partial charge in [-0.15, -0.1) is 0 Å². The van der Waals surface area contributed by atoms with E-state index in [0.29, 0.717) is 25.7 Å². The summed E-state index contributed by atoms with van der Waals surface area (Å²) >= 11 is 0. The van der Waals surface area contributed by atoms with Gasteiger partial charge in [0.15, 0.2) is 6.10 Å². The topological polar surface area (TPSA) is 219 Å². The first kappa shape index (κ1) is 56.1. The Morgan fingerprint density at radius 2 is 1.27 bits per heavy atom. The summed E-state index contributed by atoms with van der Waals surface area (Å²) in [7, 11) is -10.5. The van der Waals surface area contributed by atoms with Crippen LogP contribution in [0.3, 0.4) is 0 Å². The van der Waals surface area contributed by atoms with Gasteiger partial charge in [0.2, 0.25) is 0 Å². The van der Waals surface area contributed by atoms with E-state index in [0.717, 1.165) is 64.2 Å². The molecule has 1 aliphatic heterocycles. The molecule has 0 bridgehead atoms. The van der Waals surface area contributed by atoms with Gasteiger partial charge in [0, 0.05) is 24.6 Å². The number of esters is 2. The number of phosphoric acid groups is 2. The van der Waals surface area contributed by atoms with Crippen molar-refractivity contribution in [2.45, 2.75) is 180 Å². The van der Waals surface area contributed by atoms with E-state index in [-0.39, 0.29) is 18.4 Å². The maximum atomic E-state index is 13.0. The zero-order valence-corrected chi connectivity index (χ0v) is 43.3. The molecule has 71 heavy (non-hydrogen) atoms. The average molecular weight is 1030 g/mol. The van der Waals surface area contributed by atoms with Gasteiger partial charge in [0.05, 0.1) is 19.3 Å². The molecule has 16 nitrogen and oxygen atoms in total. The zero-order valence-electron chi connectivity index (χ0n) is 41.5. The molecular weight excluding hydrogens is 951 g/mol. The first-order chi connectivity index (χ1) is 34.2. The summed E-state index contributed by atoms with van der Waals surface area (Å²) in [6.45, 7) is 1.93. The molecule has 6 rings (SSSR count). The van der Waals surface area contributed by atoms with Crippen LogP contribution >= 0.6 is 15.6 Å². The number of aromatic nitrogens is 2. The van der Waals surface area contributed by atoms with Gasteiger partial charge >= 0.3 is 33.3 Å². The van der Waals surface area contributed by atoms with Crippen LogP contribution in [0.15, 0.2) is 70.4 Å². The Kier molecular flexibility index (Phi) is 22.3. The van der Waals surface area contributed by atoms with Crippen molar-refractivity contribution in [3.8, 4) is 0 Å². The number of hydrogen-bond acceptors (Lipinski definition) is 12. The summed E-state index contributed by atoms with van der Waals surface area (Å²) in [5.74, 6) is -1.14. The summed E-state index contributed by atoms with van der Waals surface area (Å²) in [4.78, 5) is 72.6. The van der Waals surface area contributed by atoms with Crippen molar-refractivity contribution in [2.75, 3.05) is 19.8 Å². The molecule has 0 saturated carbocycles. The van der Waals surface area contributed by atoms with Crippen molar-refractivity contribution in [3.05, 3.63) is 92.8 Å². The predicted octanol–water partition coefficient (Wildman–Crippen LogP) is 12.2. The molecule has 0 amide bonds. The Morgan fingerprint density at radius 1 is 0.704 bits per heavy atom. The molecule has 2 heterocycles. The maximum Gasteiger partial charge on any atom is 0.481 e. The third-order valence-electron chi connectivity index (χ3n) is 13.3. The monoisotopic (exact) mass is 1020 g/mol. The summed E-state index contributed by atoms with van der Waals surface area (Å²) in [6.07, 6.45) is 19.1. The van der Waals surface area contributed by atoms with E-state index < -0.39 is 77.1 Å². The first-order valence-electron chi connectivity index (χ1n) is 25.9. The zero-order chi connectivity index (χ0) is 50.6. The molecule has 4 aromatic carbocycles. The molecule has 18 heteroatoms. The standard InChI is InChI=1S/C53H74N2O14P2/c1-3-4-5-6-7-8-9-10-13-16-19-25-48(56)64-36-45(38-66-71(62,63)69-70(60,61)65-37-44-32-34-47(67-44)55-35-39(2)52(58)54-53(55)59)68-49(57)26-20-17-14-11-12-15-18-22-40-27-28-43-30-29-41-23-21-24-42-31-33-46(40)51(43)50(41)42/h21,23-24,27-31,33,35,44-45,47H,3-20,22,25-26,32,34,36-38H2,1-2H3,(H,60,61)(H,62,63)(H,54,58,59). The Morgan fingerprint density at radius 3 is 1.93 bits per heavy atom. The van der Waals surface area contributed by atoms with E-state index in [2.05, 4.69) is 70.8 Å². The largest absolute Gasteiger partial charge is 0.481 e. The second kappa shape index (κ2) is 28.3. The van der Waals surface area contributed by atoms with Crippen LogP contribution in [0.1, 0.15) is 166 Å². The summed E-state index contributed by atoms with van der Waals surface area (Å²) in [5.41, 5.74) is 0.439. The molecule has 5 aromatic rings. The quantitative estimate of drug-likeness (QED) is 0.0151. The van der Waals surface area contributed by atoms with Crippen LogP contribution in [0.5, 0.6) is 0 Å². The van der Waals surface area contributed by atoms with Crippen LogP contribution in [0.25, 0.3) is 32.3 Å². The molecule has 5 unspecified atom stereocenters. The van der Waals surface area contributed by atoms with Crippen molar-refractivity contribution in [1.29, 1.82) is 0 Å². The highest BCUT2D eigenvalue weighted by molar-refractivity contribution is 7.61. The molecule has 3 N–H and O–H groups in total. The minimum atomic E-state index is -5.31. The predicted molar refractivity (Wildman–Crippen MR) is 275 cm³/mol. The van der Waals surface area contributed by atoms with E-state index in [9.17, 15) is 38.1 Å². The number of benzene rings is 4. The van der Waals surface area contributed by atoms with Crippen LogP contribution < -0.4 is 11.2 Å². The van der Waals surface area contributed by atoms with E-state index >= 15 is 0 Å². The molecule has 5 atom stereocenters. The SMILES string of the molecule is CCCCCCCCCCCCCC(=O)OCC(COP(=O)(O)OP(=O)(O)OCC1CCC(n2cc(C)c(=O)[nH]c2=O)O1)OC(=O)CCCCCCCCCc1ccc2ccc3cccc4ccc1c2c34. The lowest BCUT2D eigenvalue weighted by Crippen LogP contribution is -2.33. The summed E-state index contributed by atoms with van der Waals surface area (Å²) in [6, 6.07) is 19.8. The van der Waals surface area contributed by atoms with Crippen molar-refractivity contribution >= 4 is 59.9 Å². The van der Waals surface area contributed by atoms with Gasteiger partial charge in [0.1, 0.15) is 12.8 Å². The van der Waals surface area contributed by atoms with Crippen LogP contribution in [0.2, 0.25) is 0 Å². The molecule has 1 saturated heterocycles. The maximum absolute atomic E-state index is 13.0. The minimum Gasteiger partial charge on any atom is -0.462 e. The highest BCUT2D eigenvalue weighted by atomic mass is 31.3. The van der Waals surface area contributed by atoms with E-state index in [4.69, 9.17) is 23.3 Å². The molecule has 1 fully saturated rings. The van der Waals surface area contributed by atoms with Gasteiger partial charge in [-0.05, 0) is 83.3 Å². The molecule has 0 aliphatic carbocycles. The molecule has 0 spiro atoms. The molecule has 390 valence electrons. The number of nitrogens with one attached hydrogen (secondary N) is 1. The fourth-order valence-corrected chi connectivity index (χ4v) is 11.5. The van der Waals surface area contributed by atoms with Gasteiger partial charge in [-0.1, -0.05) is 158 Å². The summed E-state index contributed by atoms with van der Waals surface area (Å²) < 4.78 is 58.0. The number of nitrogens with zero attached hydrogens (tertiary/aromatic N) is 1. The number of aromatic amines is 1.